The van der Waals surface area contributed by atoms with Crippen molar-refractivity contribution < 1.29 is 22.7 Å². The average molecular weight is 362 g/mol. The van der Waals surface area contributed by atoms with Crippen LogP contribution in [0, 0.1) is 0 Å². The van der Waals surface area contributed by atoms with Crippen molar-refractivity contribution in [3.05, 3.63) is 48.5 Å². The third-order valence-corrected chi connectivity index (χ3v) is 5.03. The molecule has 0 spiro atoms. The van der Waals surface area contributed by atoms with Gasteiger partial charge in [0.1, 0.15) is 12.4 Å². The summed E-state index contributed by atoms with van der Waals surface area (Å²) in [5.41, 5.74) is 1.04. The van der Waals surface area contributed by atoms with E-state index in [4.69, 9.17) is 9.47 Å². The molecule has 0 saturated carbocycles. The number of hydrogen-bond donors (Lipinski definition) is 1. The molecule has 0 bridgehead atoms. The molecule has 1 saturated heterocycles. The van der Waals surface area contributed by atoms with Crippen molar-refractivity contribution in [2.24, 2.45) is 0 Å². The van der Waals surface area contributed by atoms with E-state index in [0.717, 1.165) is 0 Å². The predicted octanol–water partition coefficient (Wildman–Crippen LogP) is 2.84. The molecule has 1 N–H and O–H groups in total. The first kappa shape index (κ1) is 17.1. The van der Waals surface area contributed by atoms with Crippen LogP contribution in [0.2, 0.25) is 0 Å². The van der Waals surface area contributed by atoms with Crippen LogP contribution in [0.25, 0.3) is 0 Å². The minimum Gasteiger partial charge on any atom is -0.494 e. The predicted molar refractivity (Wildman–Crippen MR) is 93.6 cm³/mol. The highest BCUT2D eigenvalue weighted by atomic mass is 32.2. The Labute approximate surface area is 146 Å². The van der Waals surface area contributed by atoms with Gasteiger partial charge in [-0.05, 0) is 55.5 Å². The molecule has 1 amide bonds. The Morgan fingerprint density at radius 1 is 1.12 bits per heavy atom. The molecule has 0 aliphatic carbocycles. The van der Waals surface area contributed by atoms with Gasteiger partial charge in [-0.2, -0.15) is 0 Å². The highest BCUT2D eigenvalue weighted by molar-refractivity contribution is 7.92. The molecule has 2 aromatic rings. The third-order valence-electron chi connectivity index (χ3n) is 3.64. The molecular weight excluding hydrogens is 344 g/mol. The van der Waals surface area contributed by atoms with Gasteiger partial charge < -0.3 is 9.47 Å². The van der Waals surface area contributed by atoms with Crippen LogP contribution in [0.5, 0.6) is 5.75 Å². The number of hydrogen-bond acceptors (Lipinski definition) is 5. The summed E-state index contributed by atoms with van der Waals surface area (Å²) in [6.45, 7) is 3.21. The quantitative estimate of drug-likeness (QED) is 0.854. The number of sulfonamides is 1. The number of nitrogens with zero attached hydrogens (tertiary/aromatic N) is 1. The van der Waals surface area contributed by atoms with Crippen LogP contribution in [0.4, 0.5) is 16.2 Å². The number of ether oxygens (including phenoxy) is 2. The first-order chi connectivity index (χ1) is 12.0. The smallest absolute Gasteiger partial charge is 0.414 e. The number of anilines is 2. The van der Waals surface area contributed by atoms with E-state index in [0.29, 0.717) is 36.9 Å². The maximum atomic E-state index is 12.5. The minimum atomic E-state index is -3.72. The van der Waals surface area contributed by atoms with Gasteiger partial charge in [0.2, 0.25) is 0 Å². The van der Waals surface area contributed by atoms with Crippen molar-refractivity contribution in [1.82, 2.24) is 0 Å². The maximum absolute atomic E-state index is 12.5. The molecule has 3 rings (SSSR count). The van der Waals surface area contributed by atoms with Crippen LogP contribution in [0.1, 0.15) is 6.92 Å². The summed E-state index contributed by atoms with van der Waals surface area (Å²) in [6, 6.07) is 12.7. The summed E-state index contributed by atoms with van der Waals surface area (Å²) in [7, 11) is -3.72. The van der Waals surface area contributed by atoms with E-state index in [1.165, 1.54) is 17.0 Å². The Morgan fingerprint density at radius 3 is 2.36 bits per heavy atom. The molecule has 1 aliphatic rings. The van der Waals surface area contributed by atoms with Gasteiger partial charge in [-0.15, -0.1) is 0 Å². The van der Waals surface area contributed by atoms with Crippen molar-refractivity contribution in [1.29, 1.82) is 0 Å². The number of rotatable bonds is 6. The average Bonchev–Trinajstić information content (AvgIpc) is 3.03. The fourth-order valence-electron chi connectivity index (χ4n) is 2.43. The molecule has 1 aliphatic heterocycles. The van der Waals surface area contributed by atoms with Gasteiger partial charge in [0.15, 0.2) is 0 Å². The highest BCUT2D eigenvalue weighted by Crippen LogP contribution is 2.23. The fraction of sp³-hybridized carbons (Fsp3) is 0.235. The zero-order valence-corrected chi connectivity index (χ0v) is 14.5. The number of carbonyl (C=O) groups excluding carboxylic acids is 1. The topological polar surface area (TPSA) is 84.9 Å². The summed E-state index contributed by atoms with van der Waals surface area (Å²) in [4.78, 5) is 13.1. The van der Waals surface area contributed by atoms with Gasteiger partial charge in [-0.3, -0.25) is 9.62 Å². The molecule has 8 heteroatoms. The minimum absolute atomic E-state index is 0.109. The summed E-state index contributed by atoms with van der Waals surface area (Å²) >= 11 is 0. The van der Waals surface area contributed by atoms with E-state index < -0.39 is 16.1 Å². The molecule has 0 radical (unpaired) electrons. The first-order valence-electron chi connectivity index (χ1n) is 7.79. The summed E-state index contributed by atoms with van der Waals surface area (Å²) in [5, 5.41) is 0. The van der Waals surface area contributed by atoms with E-state index in [1.807, 2.05) is 6.92 Å². The van der Waals surface area contributed by atoms with Gasteiger partial charge >= 0.3 is 6.09 Å². The number of benzene rings is 2. The van der Waals surface area contributed by atoms with Crippen LogP contribution in [0.3, 0.4) is 0 Å². The van der Waals surface area contributed by atoms with Gasteiger partial charge in [-0.1, -0.05) is 0 Å². The normalized spacial score (nSPS) is 14.3. The molecule has 2 aromatic carbocycles. The van der Waals surface area contributed by atoms with Gasteiger partial charge in [-0.25, -0.2) is 13.2 Å². The molecule has 0 unspecified atom stereocenters. The summed E-state index contributed by atoms with van der Waals surface area (Å²) in [6.07, 6.45) is -0.428. The summed E-state index contributed by atoms with van der Waals surface area (Å²) in [5.74, 6) is 0.673. The van der Waals surface area contributed by atoms with Crippen LogP contribution in [0.15, 0.2) is 53.4 Å². The Balaban J connectivity index is 1.74. The van der Waals surface area contributed by atoms with E-state index >= 15 is 0 Å². The Kier molecular flexibility index (Phi) is 4.80. The highest BCUT2D eigenvalue weighted by Gasteiger charge is 2.24. The lowest BCUT2D eigenvalue weighted by Crippen LogP contribution is -2.23. The van der Waals surface area contributed by atoms with Crippen LogP contribution >= 0.6 is 0 Å². The van der Waals surface area contributed by atoms with Crippen LogP contribution in [-0.4, -0.2) is 34.3 Å². The van der Waals surface area contributed by atoms with E-state index in [2.05, 4.69) is 4.72 Å². The van der Waals surface area contributed by atoms with E-state index in [1.54, 1.807) is 36.4 Å². The maximum Gasteiger partial charge on any atom is 0.414 e. The van der Waals surface area contributed by atoms with Crippen molar-refractivity contribution in [2.75, 3.05) is 29.4 Å². The number of nitrogens with one attached hydrogen (secondary N) is 1. The van der Waals surface area contributed by atoms with Gasteiger partial charge in [0.25, 0.3) is 10.0 Å². The molecule has 1 heterocycles. The van der Waals surface area contributed by atoms with Crippen molar-refractivity contribution in [3.8, 4) is 5.75 Å². The van der Waals surface area contributed by atoms with Crippen LogP contribution in [-0.2, 0) is 14.8 Å². The largest absolute Gasteiger partial charge is 0.494 e. The lowest BCUT2D eigenvalue weighted by atomic mass is 10.3. The fourth-order valence-corrected chi connectivity index (χ4v) is 3.49. The molecule has 25 heavy (non-hydrogen) atoms. The lowest BCUT2D eigenvalue weighted by molar-refractivity contribution is 0.181. The van der Waals surface area contributed by atoms with E-state index in [9.17, 15) is 13.2 Å². The second-order valence-electron chi connectivity index (χ2n) is 5.32. The van der Waals surface area contributed by atoms with Crippen molar-refractivity contribution in [2.45, 2.75) is 11.8 Å². The third kappa shape index (κ3) is 3.85. The first-order valence-corrected chi connectivity index (χ1v) is 9.28. The Hall–Kier alpha value is -2.74. The van der Waals surface area contributed by atoms with E-state index in [-0.39, 0.29) is 4.90 Å². The molecule has 0 atom stereocenters. The summed E-state index contributed by atoms with van der Waals surface area (Å²) < 4.78 is 37.6. The molecule has 7 nitrogen and oxygen atoms in total. The van der Waals surface area contributed by atoms with Crippen molar-refractivity contribution in [3.63, 3.8) is 0 Å². The van der Waals surface area contributed by atoms with Gasteiger partial charge in [0.05, 0.1) is 18.0 Å². The molecule has 132 valence electrons. The lowest BCUT2D eigenvalue weighted by Gasteiger charge is -2.14. The SMILES string of the molecule is CCOc1ccc(NS(=O)(=O)c2ccc(N3CCOC3=O)cc2)cc1. The monoisotopic (exact) mass is 362 g/mol. The van der Waals surface area contributed by atoms with Crippen molar-refractivity contribution >= 4 is 27.5 Å². The van der Waals surface area contributed by atoms with Gasteiger partial charge in [0, 0.05) is 11.4 Å². The number of amides is 1. The number of cyclic esters (lactones) is 1. The Bertz CT molecular complexity index is 848. The number of carbonyl (C=O) groups is 1. The molecule has 0 aromatic heterocycles. The standard InChI is InChI=1S/C17H18N2O5S/c1-2-23-15-7-3-13(4-8-15)18-25(21,22)16-9-5-14(6-10-16)19-11-12-24-17(19)20/h3-10,18H,2,11-12H2,1H3. The van der Waals surface area contributed by atoms with Crippen LogP contribution < -0.4 is 14.4 Å². The second kappa shape index (κ2) is 7.02. The second-order valence-corrected chi connectivity index (χ2v) is 7.01. The molecular formula is C17H18N2O5S. The zero-order chi connectivity index (χ0) is 17.9. The molecule has 1 fully saturated rings. The zero-order valence-electron chi connectivity index (χ0n) is 13.6. The Morgan fingerprint density at radius 2 is 1.80 bits per heavy atom.